The van der Waals surface area contributed by atoms with Crippen LogP contribution in [0.15, 0.2) is 41.4 Å². The van der Waals surface area contributed by atoms with E-state index in [1.807, 2.05) is 0 Å². The summed E-state index contributed by atoms with van der Waals surface area (Å²) in [7, 11) is -2.20. The lowest BCUT2D eigenvalue weighted by molar-refractivity contribution is 0.297. The van der Waals surface area contributed by atoms with Crippen molar-refractivity contribution < 1.29 is 22.6 Å². The van der Waals surface area contributed by atoms with E-state index < -0.39 is 10.0 Å². The molecule has 7 nitrogen and oxygen atoms in total. The molecule has 2 aromatic rings. The molecule has 0 spiro atoms. The number of rotatable bonds is 5. The fourth-order valence-electron chi connectivity index (χ4n) is 2.30. The monoisotopic (exact) mass is 350 g/mol. The van der Waals surface area contributed by atoms with Crippen molar-refractivity contribution in [3.05, 3.63) is 42.2 Å². The third-order valence-electron chi connectivity index (χ3n) is 3.53. The average Bonchev–Trinajstić information content (AvgIpc) is 2.85. The number of pyridine rings is 1. The van der Waals surface area contributed by atoms with Crippen molar-refractivity contribution in [1.82, 2.24) is 9.71 Å². The number of hydrogen-bond acceptors (Lipinski definition) is 6. The first-order chi connectivity index (χ1) is 11.6. The lowest BCUT2D eigenvalue weighted by atomic mass is 10.3. The fraction of sp³-hybridized carbons (Fsp3) is 0.312. The van der Waals surface area contributed by atoms with Crippen LogP contribution in [0.4, 0.5) is 0 Å². The Morgan fingerprint density at radius 2 is 2.00 bits per heavy atom. The maximum Gasteiger partial charge on any atom is 0.241 e. The molecule has 0 fully saturated rings. The molecule has 1 aliphatic rings. The number of methoxy groups -OCH3 is 1. The lowest BCUT2D eigenvalue weighted by Gasteiger charge is -2.11. The van der Waals surface area contributed by atoms with Crippen molar-refractivity contribution in [2.24, 2.45) is 0 Å². The third kappa shape index (κ3) is 3.60. The summed E-state index contributed by atoms with van der Waals surface area (Å²) in [4.78, 5) is 4.24. The Labute approximate surface area is 140 Å². The number of benzene rings is 1. The second kappa shape index (κ2) is 7.06. The molecule has 24 heavy (non-hydrogen) atoms. The van der Waals surface area contributed by atoms with Gasteiger partial charge in [-0.3, -0.25) is 4.98 Å². The van der Waals surface area contributed by atoms with E-state index in [0.717, 1.165) is 6.42 Å². The minimum absolute atomic E-state index is 0.0286. The average molecular weight is 350 g/mol. The van der Waals surface area contributed by atoms with Crippen molar-refractivity contribution >= 4 is 10.0 Å². The summed E-state index contributed by atoms with van der Waals surface area (Å²) < 4.78 is 43.7. The first kappa shape index (κ1) is 16.5. The quantitative estimate of drug-likeness (QED) is 0.884. The minimum atomic E-state index is -3.71. The van der Waals surface area contributed by atoms with E-state index in [-0.39, 0.29) is 11.4 Å². The van der Waals surface area contributed by atoms with Crippen molar-refractivity contribution in [2.45, 2.75) is 17.9 Å². The van der Waals surface area contributed by atoms with Gasteiger partial charge >= 0.3 is 0 Å². The number of aromatic nitrogens is 1. The maximum atomic E-state index is 12.5. The van der Waals surface area contributed by atoms with Gasteiger partial charge in [0.25, 0.3) is 0 Å². The number of ether oxygens (including phenoxy) is 3. The van der Waals surface area contributed by atoms with E-state index >= 15 is 0 Å². The van der Waals surface area contributed by atoms with Crippen LogP contribution >= 0.6 is 0 Å². The zero-order valence-electron chi connectivity index (χ0n) is 13.2. The molecule has 0 saturated heterocycles. The van der Waals surface area contributed by atoms with Gasteiger partial charge < -0.3 is 14.2 Å². The van der Waals surface area contributed by atoms with Crippen LogP contribution in [0.5, 0.6) is 17.2 Å². The molecular formula is C16H18N2O5S. The summed E-state index contributed by atoms with van der Waals surface area (Å²) in [5.74, 6) is 1.52. The maximum absolute atomic E-state index is 12.5. The van der Waals surface area contributed by atoms with Gasteiger partial charge in [-0.05, 0) is 24.3 Å². The summed E-state index contributed by atoms with van der Waals surface area (Å²) in [6, 6.07) is 8.02. The Kier molecular flexibility index (Phi) is 4.86. The summed E-state index contributed by atoms with van der Waals surface area (Å²) in [5.41, 5.74) is 0.512. The third-order valence-corrected chi connectivity index (χ3v) is 4.93. The van der Waals surface area contributed by atoms with E-state index in [1.54, 1.807) is 24.4 Å². The molecule has 0 radical (unpaired) electrons. The first-order valence-electron chi connectivity index (χ1n) is 7.47. The van der Waals surface area contributed by atoms with Gasteiger partial charge in [0, 0.05) is 18.7 Å². The molecule has 3 rings (SSSR count). The smallest absolute Gasteiger partial charge is 0.241 e. The number of fused-ring (bicyclic) bond motifs is 1. The summed E-state index contributed by atoms with van der Waals surface area (Å²) in [5, 5.41) is 0. The van der Waals surface area contributed by atoms with Crippen LogP contribution in [0.2, 0.25) is 0 Å². The van der Waals surface area contributed by atoms with Crippen LogP contribution in [-0.4, -0.2) is 33.7 Å². The predicted octanol–water partition coefficient (Wildman–Crippen LogP) is 1.73. The van der Waals surface area contributed by atoms with Gasteiger partial charge in [-0.2, -0.15) is 0 Å². The molecule has 128 valence electrons. The number of hydrogen-bond donors (Lipinski definition) is 1. The summed E-state index contributed by atoms with van der Waals surface area (Å²) in [6.07, 6.45) is 2.34. The van der Waals surface area contributed by atoms with Crippen LogP contribution in [0.3, 0.4) is 0 Å². The molecule has 0 atom stereocenters. The highest BCUT2D eigenvalue weighted by molar-refractivity contribution is 7.89. The molecular weight excluding hydrogens is 332 g/mol. The molecule has 1 aliphatic heterocycles. The van der Waals surface area contributed by atoms with Gasteiger partial charge in [0.15, 0.2) is 11.5 Å². The van der Waals surface area contributed by atoms with Gasteiger partial charge in [0.2, 0.25) is 10.0 Å². The molecule has 1 aromatic heterocycles. The SMILES string of the molecule is COc1cccnc1CNS(=O)(=O)c1ccc2c(c1)OCCCO2. The van der Waals surface area contributed by atoms with Crippen LogP contribution in [0.1, 0.15) is 12.1 Å². The molecule has 0 amide bonds. The van der Waals surface area contributed by atoms with Crippen LogP contribution < -0.4 is 18.9 Å². The Balaban J connectivity index is 1.79. The van der Waals surface area contributed by atoms with E-state index in [0.29, 0.717) is 36.2 Å². The summed E-state index contributed by atoms with van der Waals surface area (Å²) >= 11 is 0. The normalized spacial score (nSPS) is 14.0. The number of nitrogens with one attached hydrogen (secondary N) is 1. The van der Waals surface area contributed by atoms with Gasteiger partial charge in [0.1, 0.15) is 5.75 Å². The Morgan fingerprint density at radius 3 is 2.79 bits per heavy atom. The number of sulfonamides is 1. The Hall–Kier alpha value is -2.32. The fourth-order valence-corrected chi connectivity index (χ4v) is 3.30. The lowest BCUT2D eigenvalue weighted by Crippen LogP contribution is -2.24. The topological polar surface area (TPSA) is 86.8 Å². The van der Waals surface area contributed by atoms with Crippen LogP contribution in [-0.2, 0) is 16.6 Å². The second-order valence-corrected chi connectivity index (χ2v) is 6.90. The molecule has 8 heteroatoms. The van der Waals surface area contributed by atoms with Crippen LogP contribution in [0, 0.1) is 0 Å². The van der Waals surface area contributed by atoms with E-state index in [2.05, 4.69) is 9.71 Å². The van der Waals surface area contributed by atoms with Gasteiger partial charge in [-0.1, -0.05) is 0 Å². The molecule has 0 unspecified atom stereocenters. The van der Waals surface area contributed by atoms with E-state index in [9.17, 15) is 8.42 Å². The van der Waals surface area contributed by atoms with Crippen molar-refractivity contribution in [3.63, 3.8) is 0 Å². The Morgan fingerprint density at radius 1 is 1.21 bits per heavy atom. The molecule has 1 N–H and O–H groups in total. The standard InChI is InChI=1S/C16H18N2O5S/c1-21-14-4-2-7-17-13(14)11-18-24(19,20)12-5-6-15-16(10-12)23-9-3-8-22-15/h2,4-7,10,18H,3,8-9,11H2,1H3. The summed E-state index contributed by atoms with van der Waals surface area (Å²) in [6.45, 7) is 1.08. The van der Waals surface area contributed by atoms with Crippen molar-refractivity contribution in [3.8, 4) is 17.2 Å². The molecule has 1 aromatic carbocycles. The highest BCUT2D eigenvalue weighted by Gasteiger charge is 2.19. The second-order valence-electron chi connectivity index (χ2n) is 5.14. The zero-order chi connectivity index (χ0) is 17.0. The highest BCUT2D eigenvalue weighted by atomic mass is 32.2. The molecule has 0 bridgehead atoms. The predicted molar refractivity (Wildman–Crippen MR) is 86.9 cm³/mol. The number of nitrogens with zero attached hydrogens (tertiary/aromatic N) is 1. The first-order valence-corrected chi connectivity index (χ1v) is 8.96. The van der Waals surface area contributed by atoms with E-state index in [1.165, 1.54) is 19.2 Å². The van der Waals surface area contributed by atoms with E-state index in [4.69, 9.17) is 14.2 Å². The van der Waals surface area contributed by atoms with Crippen molar-refractivity contribution in [2.75, 3.05) is 20.3 Å². The highest BCUT2D eigenvalue weighted by Crippen LogP contribution is 2.31. The Bertz CT molecular complexity index is 823. The van der Waals surface area contributed by atoms with Crippen molar-refractivity contribution in [1.29, 1.82) is 0 Å². The molecule has 2 heterocycles. The molecule has 0 saturated carbocycles. The minimum Gasteiger partial charge on any atom is -0.495 e. The van der Waals surface area contributed by atoms with Gasteiger partial charge in [-0.15, -0.1) is 0 Å². The largest absolute Gasteiger partial charge is 0.495 e. The van der Waals surface area contributed by atoms with Gasteiger partial charge in [-0.25, -0.2) is 13.1 Å². The van der Waals surface area contributed by atoms with Gasteiger partial charge in [0.05, 0.1) is 37.5 Å². The molecule has 0 aliphatic carbocycles. The zero-order valence-corrected chi connectivity index (χ0v) is 14.0. The van der Waals surface area contributed by atoms with Crippen LogP contribution in [0.25, 0.3) is 0 Å².